The Morgan fingerprint density at radius 2 is 2.00 bits per heavy atom. The number of carboxylic acid groups (broad SMARTS) is 1. The van der Waals surface area contributed by atoms with Crippen molar-refractivity contribution in [3.63, 3.8) is 0 Å². The normalized spacial score (nSPS) is 12.0. The molecule has 2 rings (SSSR count). The van der Waals surface area contributed by atoms with E-state index in [4.69, 9.17) is 4.74 Å². The van der Waals surface area contributed by atoms with Crippen molar-refractivity contribution in [1.82, 2.24) is 0 Å². The van der Waals surface area contributed by atoms with Gasteiger partial charge in [-0.15, -0.1) is 0 Å². The van der Waals surface area contributed by atoms with Gasteiger partial charge in [0, 0.05) is 0 Å². The maximum Gasteiger partial charge on any atom is 0.311 e. The second-order valence-corrected chi connectivity index (χ2v) is 5.14. The molecule has 0 radical (unpaired) electrons. The molecule has 0 bridgehead atoms. The smallest absolute Gasteiger partial charge is 0.311 e. The Morgan fingerprint density at radius 1 is 1.27 bits per heavy atom. The van der Waals surface area contributed by atoms with Gasteiger partial charge in [-0.2, -0.15) is 0 Å². The van der Waals surface area contributed by atoms with Crippen molar-refractivity contribution in [3.05, 3.63) is 65.0 Å². The summed E-state index contributed by atoms with van der Waals surface area (Å²) in [5.74, 6) is -1.39. The fourth-order valence-corrected chi connectivity index (χ4v) is 2.44. The van der Waals surface area contributed by atoms with Gasteiger partial charge in [-0.3, -0.25) is 4.79 Å². The summed E-state index contributed by atoms with van der Waals surface area (Å²) >= 11 is 0. The van der Waals surface area contributed by atoms with Crippen LogP contribution in [0, 0.1) is 12.7 Å². The summed E-state index contributed by atoms with van der Waals surface area (Å²) in [7, 11) is 0. The lowest BCUT2D eigenvalue weighted by atomic mass is 9.91. The highest BCUT2D eigenvalue weighted by Gasteiger charge is 2.22. The second kappa shape index (κ2) is 7.07. The first kappa shape index (κ1) is 16.0. The summed E-state index contributed by atoms with van der Waals surface area (Å²) in [6, 6.07) is 11.6. The zero-order valence-corrected chi connectivity index (χ0v) is 12.7. The monoisotopic (exact) mass is 302 g/mol. The molecule has 2 aromatic carbocycles. The van der Waals surface area contributed by atoms with E-state index in [2.05, 4.69) is 0 Å². The Kier molecular flexibility index (Phi) is 5.15. The molecule has 0 spiro atoms. The summed E-state index contributed by atoms with van der Waals surface area (Å²) in [5.41, 5.74) is 1.93. The van der Waals surface area contributed by atoms with E-state index in [-0.39, 0.29) is 12.2 Å². The molecule has 0 amide bonds. The van der Waals surface area contributed by atoms with Crippen LogP contribution in [-0.2, 0) is 11.2 Å². The number of ether oxygens (including phenoxy) is 1. The SMILES string of the molecule is CCOc1ccc(C(Cc2ccccc2F)C(=O)O)cc1C. The van der Waals surface area contributed by atoms with Gasteiger partial charge in [0.2, 0.25) is 0 Å². The van der Waals surface area contributed by atoms with Crippen LogP contribution in [0.5, 0.6) is 5.75 Å². The molecule has 22 heavy (non-hydrogen) atoms. The van der Waals surface area contributed by atoms with Gasteiger partial charge >= 0.3 is 5.97 Å². The predicted molar refractivity (Wildman–Crippen MR) is 82.8 cm³/mol. The van der Waals surface area contributed by atoms with Crippen LogP contribution >= 0.6 is 0 Å². The quantitative estimate of drug-likeness (QED) is 0.879. The Bertz CT molecular complexity index is 667. The molecule has 0 fully saturated rings. The molecule has 4 heteroatoms. The van der Waals surface area contributed by atoms with E-state index >= 15 is 0 Å². The second-order valence-electron chi connectivity index (χ2n) is 5.14. The van der Waals surface area contributed by atoms with Crippen molar-refractivity contribution in [3.8, 4) is 5.75 Å². The lowest BCUT2D eigenvalue weighted by Crippen LogP contribution is -2.15. The highest BCUT2D eigenvalue weighted by Crippen LogP contribution is 2.27. The molecule has 0 saturated carbocycles. The molecule has 0 saturated heterocycles. The predicted octanol–water partition coefficient (Wildman–Crippen LogP) is 3.94. The Hall–Kier alpha value is -2.36. The first-order valence-corrected chi connectivity index (χ1v) is 7.22. The minimum Gasteiger partial charge on any atom is -0.494 e. The summed E-state index contributed by atoms with van der Waals surface area (Å²) in [6.07, 6.45) is 0.120. The maximum absolute atomic E-state index is 13.8. The molecule has 0 aromatic heterocycles. The minimum absolute atomic E-state index is 0.120. The van der Waals surface area contributed by atoms with Gasteiger partial charge < -0.3 is 9.84 Å². The third-order valence-electron chi connectivity index (χ3n) is 3.58. The summed E-state index contributed by atoms with van der Waals surface area (Å²) in [4.78, 5) is 11.6. The van der Waals surface area contributed by atoms with Crippen LogP contribution in [0.2, 0.25) is 0 Å². The number of benzene rings is 2. The van der Waals surface area contributed by atoms with Crippen LogP contribution in [0.4, 0.5) is 4.39 Å². The number of aliphatic carboxylic acids is 1. The van der Waals surface area contributed by atoms with Gasteiger partial charge in [-0.1, -0.05) is 30.3 Å². The molecule has 1 atom stereocenters. The first-order valence-electron chi connectivity index (χ1n) is 7.22. The van der Waals surface area contributed by atoms with Gasteiger partial charge in [0.25, 0.3) is 0 Å². The van der Waals surface area contributed by atoms with Crippen LogP contribution in [-0.4, -0.2) is 17.7 Å². The summed E-state index contributed by atoms with van der Waals surface area (Å²) in [6.45, 7) is 4.32. The van der Waals surface area contributed by atoms with E-state index in [9.17, 15) is 14.3 Å². The van der Waals surface area contributed by atoms with E-state index in [1.165, 1.54) is 6.07 Å². The first-order chi connectivity index (χ1) is 10.5. The van der Waals surface area contributed by atoms with Crippen LogP contribution in [0.1, 0.15) is 29.5 Å². The number of halogens is 1. The Morgan fingerprint density at radius 3 is 2.59 bits per heavy atom. The van der Waals surface area contributed by atoms with Crippen molar-refractivity contribution in [2.75, 3.05) is 6.61 Å². The molecule has 0 aliphatic carbocycles. The topological polar surface area (TPSA) is 46.5 Å². The Balaban J connectivity index is 2.31. The number of carbonyl (C=O) groups is 1. The zero-order chi connectivity index (χ0) is 16.1. The minimum atomic E-state index is -0.966. The molecule has 3 nitrogen and oxygen atoms in total. The molecule has 0 aliphatic heterocycles. The highest BCUT2D eigenvalue weighted by molar-refractivity contribution is 5.76. The number of hydrogen-bond donors (Lipinski definition) is 1. The molecule has 1 N–H and O–H groups in total. The number of rotatable bonds is 6. The van der Waals surface area contributed by atoms with Crippen molar-refractivity contribution >= 4 is 5.97 Å². The third-order valence-corrected chi connectivity index (χ3v) is 3.58. The van der Waals surface area contributed by atoms with E-state index in [0.29, 0.717) is 17.7 Å². The standard InChI is InChI=1S/C18H19FO3/c1-3-22-17-9-8-13(10-12(17)2)15(18(20)21)11-14-6-4-5-7-16(14)19/h4-10,15H,3,11H2,1-2H3,(H,20,21). The van der Waals surface area contributed by atoms with Crippen LogP contribution in [0.25, 0.3) is 0 Å². The third kappa shape index (κ3) is 3.64. The van der Waals surface area contributed by atoms with Gasteiger partial charge in [-0.25, -0.2) is 4.39 Å². The number of carboxylic acids is 1. The molecule has 2 aromatic rings. The molecule has 116 valence electrons. The van der Waals surface area contributed by atoms with E-state index < -0.39 is 11.9 Å². The molecule has 0 heterocycles. The van der Waals surface area contributed by atoms with E-state index in [1.54, 1.807) is 36.4 Å². The lowest BCUT2D eigenvalue weighted by Gasteiger charge is -2.16. The van der Waals surface area contributed by atoms with Gasteiger partial charge in [-0.05, 0) is 49.1 Å². The number of aryl methyl sites for hydroxylation is 1. The fraction of sp³-hybridized carbons (Fsp3) is 0.278. The molecule has 0 aliphatic rings. The van der Waals surface area contributed by atoms with Crippen molar-refractivity contribution < 1.29 is 19.0 Å². The largest absolute Gasteiger partial charge is 0.494 e. The number of hydrogen-bond acceptors (Lipinski definition) is 2. The Labute approximate surface area is 129 Å². The molecular weight excluding hydrogens is 283 g/mol. The van der Waals surface area contributed by atoms with Gasteiger partial charge in [0.1, 0.15) is 11.6 Å². The average Bonchev–Trinajstić information content (AvgIpc) is 2.48. The summed E-state index contributed by atoms with van der Waals surface area (Å²) in [5, 5.41) is 9.49. The van der Waals surface area contributed by atoms with Crippen molar-refractivity contribution in [2.24, 2.45) is 0 Å². The van der Waals surface area contributed by atoms with Crippen LogP contribution < -0.4 is 4.74 Å². The summed E-state index contributed by atoms with van der Waals surface area (Å²) < 4.78 is 19.2. The molecule has 1 unspecified atom stereocenters. The average molecular weight is 302 g/mol. The van der Waals surface area contributed by atoms with E-state index in [1.807, 2.05) is 13.8 Å². The van der Waals surface area contributed by atoms with Gasteiger partial charge in [0.15, 0.2) is 0 Å². The van der Waals surface area contributed by atoms with Gasteiger partial charge in [0.05, 0.1) is 12.5 Å². The van der Waals surface area contributed by atoms with Crippen LogP contribution in [0.15, 0.2) is 42.5 Å². The maximum atomic E-state index is 13.8. The van der Waals surface area contributed by atoms with Crippen LogP contribution in [0.3, 0.4) is 0 Å². The fourth-order valence-electron chi connectivity index (χ4n) is 2.44. The van der Waals surface area contributed by atoms with Crippen molar-refractivity contribution in [2.45, 2.75) is 26.2 Å². The lowest BCUT2D eigenvalue weighted by molar-refractivity contribution is -0.138. The van der Waals surface area contributed by atoms with E-state index in [0.717, 1.165) is 11.3 Å². The molecular formula is C18H19FO3. The zero-order valence-electron chi connectivity index (χ0n) is 12.7. The highest BCUT2D eigenvalue weighted by atomic mass is 19.1. The van der Waals surface area contributed by atoms with Crippen molar-refractivity contribution in [1.29, 1.82) is 0 Å².